The first kappa shape index (κ1) is 16.1. The molecule has 1 saturated carbocycles. The van der Waals surface area contributed by atoms with Crippen LogP contribution in [0.5, 0.6) is 0 Å². The standard InChI is InChI=1S/C18H36/c1-9-11-16(5,6)12-14(3)18(10-2)13-17(7,8)15(18)4/h14-15H,9-13H2,1-8H3. The van der Waals surface area contributed by atoms with Gasteiger partial charge in [-0.05, 0) is 53.8 Å². The molecule has 18 heavy (non-hydrogen) atoms. The van der Waals surface area contributed by atoms with E-state index in [0.29, 0.717) is 16.2 Å². The second-order valence-corrected chi connectivity index (χ2v) is 8.49. The highest BCUT2D eigenvalue weighted by Crippen LogP contribution is 2.65. The van der Waals surface area contributed by atoms with Gasteiger partial charge in [-0.1, -0.05) is 61.8 Å². The van der Waals surface area contributed by atoms with E-state index in [4.69, 9.17) is 0 Å². The van der Waals surface area contributed by atoms with Crippen molar-refractivity contribution in [3.63, 3.8) is 0 Å². The second-order valence-electron chi connectivity index (χ2n) is 8.49. The Balaban J connectivity index is 2.74. The molecule has 0 N–H and O–H groups in total. The van der Waals surface area contributed by atoms with Crippen LogP contribution >= 0.6 is 0 Å². The molecule has 0 nitrogen and oxygen atoms in total. The molecule has 108 valence electrons. The van der Waals surface area contributed by atoms with Crippen LogP contribution in [0.3, 0.4) is 0 Å². The van der Waals surface area contributed by atoms with Crippen molar-refractivity contribution in [3.05, 3.63) is 0 Å². The quantitative estimate of drug-likeness (QED) is 0.520. The van der Waals surface area contributed by atoms with Crippen LogP contribution in [0, 0.1) is 28.1 Å². The van der Waals surface area contributed by atoms with Crippen molar-refractivity contribution in [3.8, 4) is 0 Å². The van der Waals surface area contributed by atoms with Crippen molar-refractivity contribution in [2.45, 2.75) is 87.5 Å². The van der Waals surface area contributed by atoms with Crippen LogP contribution in [-0.4, -0.2) is 0 Å². The average Bonchev–Trinajstić information content (AvgIpc) is 2.24. The highest BCUT2D eigenvalue weighted by molar-refractivity contribution is 5.06. The molecule has 3 atom stereocenters. The Kier molecular flexibility index (Phi) is 4.62. The Hall–Kier alpha value is 0. The molecule has 0 radical (unpaired) electrons. The summed E-state index contributed by atoms with van der Waals surface area (Å²) >= 11 is 0. The zero-order chi connectivity index (χ0) is 14.2. The summed E-state index contributed by atoms with van der Waals surface area (Å²) in [7, 11) is 0. The lowest BCUT2D eigenvalue weighted by Gasteiger charge is -2.63. The van der Waals surface area contributed by atoms with E-state index in [-0.39, 0.29) is 0 Å². The molecule has 0 saturated heterocycles. The van der Waals surface area contributed by atoms with E-state index in [0.717, 1.165) is 11.8 Å². The average molecular weight is 252 g/mol. The first-order valence-corrected chi connectivity index (χ1v) is 8.11. The fraction of sp³-hybridized carbons (Fsp3) is 1.00. The molecule has 0 aromatic rings. The van der Waals surface area contributed by atoms with Gasteiger partial charge in [0.25, 0.3) is 0 Å². The SMILES string of the molecule is CCCC(C)(C)CC(C)C1(CC)CC(C)(C)C1C. The number of hydrogen-bond donors (Lipinski definition) is 0. The Bertz CT molecular complexity index is 274. The molecule has 0 aliphatic heterocycles. The number of rotatable bonds is 6. The van der Waals surface area contributed by atoms with Gasteiger partial charge in [0, 0.05) is 0 Å². The van der Waals surface area contributed by atoms with Crippen molar-refractivity contribution in [1.82, 2.24) is 0 Å². The molecule has 1 fully saturated rings. The summed E-state index contributed by atoms with van der Waals surface area (Å²) < 4.78 is 0. The Morgan fingerprint density at radius 2 is 1.78 bits per heavy atom. The predicted molar refractivity (Wildman–Crippen MR) is 82.8 cm³/mol. The molecule has 1 rings (SSSR count). The molecule has 1 aliphatic rings. The van der Waals surface area contributed by atoms with E-state index in [2.05, 4.69) is 55.4 Å². The summed E-state index contributed by atoms with van der Waals surface area (Å²) in [6.45, 7) is 19.6. The molecule has 0 bridgehead atoms. The lowest BCUT2D eigenvalue weighted by Crippen LogP contribution is -2.55. The summed E-state index contributed by atoms with van der Waals surface area (Å²) in [5.74, 6) is 1.74. The molecular formula is C18H36. The summed E-state index contributed by atoms with van der Waals surface area (Å²) in [6, 6.07) is 0. The fourth-order valence-electron chi connectivity index (χ4n) is 4.99. The first-order chi connectivity index (χ1) is 8.11. The van der Waals surface area contributed by atoms with Crippen LogP contribution < -0.4 is 0 Å². The molecule has 0 aromatic heterocycles. The van der Waals surface area contributed by atoms with Crippen LogP contribution in [-0.2, 0) is 0 Å². The van der Waals surface area contributed by atoms with E-state index in [9.17, 15) is 0 Å². The monoisotopic (exact) mass is 252 g/mol. The Labute approximate surface area is 116 Å². The van der Waals surface area contributed by atoms with Gasteiger partial charge in [0.05, 0.1) is 0 Å². The van der Waals surface area contributed by atoms with E-state index < -0.39 is 0 Å². The van der Waals surface area contributed by atoms with E-state index in [1.54, 1.807) is 0 Å². The Morgan fingerprint density at radius 3 is 2.11 bits per heavy atom. The van der Waals surface area contributed by atoms with Crippen molar-refractivity contribution < 1.29 is 0 Å². The number of hydrogen-bond acceptors (Lipinski definition) is 0. The zero-order valence-electron chi connectivity index (χ0n) is 14.2. The molecule has 3 unspecified atom stereocenters. The van der Waals surface area contributed by atoms with Gasteiger partial charge in [-0.2, -0.15) is 0 Å². The summed E-state index contributed by atoms with van der Waals surface area (Å²) in [4.78, 5) is 0. The minimum atomic E-state index is 0.524. The van der Waals surface area contributed by atoms with Crippen molar-refractivity contribution in [1.29, 1.82) is 0 Å². The lowest BCUT2D eigenvalue weighted by atomic mass is 9.42. The van der Waals surface area contributed by atoms with E-state index in [1.165, 1.54) is 32.1 Å². The minimum Gasteiger partial charge on any atom is -0.0654 e. The third kappa shape index (κ3) is 2.78. The van der Waals surface area contributed by atoms with Gasteiger partial charge in [0.15, 0.2) is 0 Å². The van der Waals surface area contributed by atoms with E-state index >= 15 is 0 Å². The molecule has 1 aliphatic carbocycles. The van der Waals surface area contributed by atoms with Gasteiger partial charge in [-0.3, -0.25) is 0 Å². The van der Waals surface area contributed by atoms with Crippen LogP contribution in [0.15, 0.2) is 0 Å². The molecule has 0 heterocycles. The van der Waals surface area contributed by atoms with E-state index in [1.807, 2.05) is 0 Å². The highest BCUT2D eigenvalue weighted by Gasteiger charge is 2.57. The predicted octanol–water partition coefficient (Wildman–Crippen LogP) is 6.30. The largest absolute Gasteiger partial charge is 0.0654 e. The van der Waals surface area contributed by atoms with Crippen LogP contribution in [0.1, 0.15) is 87.5 Å². The molecule has 0 heteroatoms. The maximum absolute atomic E-state index is 2.52. The Morgan fingerprint density at radius 1 is 1.22 bits per heavy atom. The molecular weight excluding hydrogens is 216 g/mol. The van der Waals surface area contributed by atoms with Crippen molar-refractivity contribution >= 4 is 0 Å². The third-order valence-corrected chi connectivity index (χ3v) is 6.24. The molecule has 0 spiro atoms. The van der Waals surface area contributed by atoms with Gasteiger partial charge in [0.1, 0.15) is 0 Å². The smallest absolute Gasteiger partial charge is 0.0238 e. The van der Waals surface area contributed by atoms with Gasteiger partial charge < -0.3 is 0 Å². The van der Waals surface area contributed by atoms with Crippen molar-refractivity contribution in [2.24, 2.45) is 28.1 Å². The van der Waals surface area contributed by atoms with Gasteiger partial charge >= 0.3 is 0 Å². The second kappa shape index (κ2) is 5.17. The normalized spacial score (nSPS) is 33.0. The lowest BCUT2D eigenvalue weighted by molar-refractivity contribution is -0.141. The molecule has 0 amide bonds. The van der Waals surface area contributed by atoms with Crippen molar-refractivity contribution in [2.75, 3.05) is 0 Å². The van der Waals surface area contributed by atoms with Crippen LogP contribution in [0.4, 0.5) is 0 Å². The van der Waals surface area contributed by atoms with Crippen LogP contribution in [0.2, 0.25) is 0 Å². The topological polar surface area (TPSA) is 0 Å². The summed E-state index contributed by atoms with van der Waals surface area (Å²) in [5.41, 5.74) is 1.71. The maximum Gasteiger partial charge on any atom is -0.0238 e. The summed E-state index contributed by atoms with van der Waals surface area (Å²) in [5, 5.41) is 0. The highest BCUT2D eigenvalue weighted by atomic mass is 14.6. The minimum absolute atomic E-state index is 0.524. The fourth-order valence-corrected chi connectivity index (χ4v) is 4.99. The third-order valence-electron chi connectivity index (χ3n) is 6.24. The van der Waals surface area contributed by atoms with Gasteiger partial charge in [-0.25, -0.2) is 0 Å². The summed E-state index contributed by atoms with van der Waals surface area (Å²) in [6.07, 6.45) is 6.88. The van der Waals surface area contributed by atoms with Gasteiger partial charge in [-0.15, -0.1) is 0 Å². The first-order valence-electron chi connectivity index (χ1n) is 8.11. The van der Waals surface area contributed by atoms with Crippen LogP contribution in [0.25, 0.3) is 0 Å². The maximum atomic E-state index is 2.52. The van der Waals surface area contributed by atoms with Gasteiger partial charge in [0.2, 0.25) is 0 Å². The molecule has 0 aromatic carbocycles. The zero-order valence-corrected chi connectivity index (χ0v) is 14.2.